The van der Waals surface area contributed by atoms with Crippen LogP contribution in [-0.4, -0.2) is 48.8 Å². The summed E-state index contributed by atoms with van der Waals surface area (Å²) in [6.45, 7) is 5.79. The topological polar surface area (TPSA) is 38.8 Å². The molecule has 2 rings (SSSR count). The van der Waals surface area contributed by atoms with E-state index < -0.39 is 0 Å². The monoisotopic (exact) mass is 227 g/mol. The summed E-state index contributed by atoms with van der Waals surface area (Å²) in [6.07, 6.45) is 3.83. The van der Waals surface area contributed by atoms with Gasteiger partial charge >= 0.3 is 5.97 Å². The maximum Gasteiger partial charge on any atom is 0.320 e. The van der Waals surface area contributed by atoms with Crippen molar-refractivity contribution in [1.82, 2.24) is 4.90 Å². The number of hydrogen-bond acceptors (Lipinski definition) is 4. The van der Waals surface area contributed by atoms with E-state index in [-0.39, 0.29) is 12.1 Å². The predicted molar refractivity (Wildman–Crippen MR) is 60.2 cm³/mol. The molecular weight excluding hydrogens is 206 g/mol. The Morgan fingerprint density at radius 2 is 2.31 bits per heavy atom. The number of fused-ring (bicyclic) bond motifs is 1. The number of hydrogen-bond donors (Lipinski definition) is 0. The highest BCUT2D eigenvalue weighted by molar-refractivity contribution is 5.71. The number of ether oxygens (including phenoxy) is 2. The number of esters is 1. The molecule has 0 amide bonds. The summed E-state index contributed by atoms with van der Waals surface area (Å²) in [5.41, 5.74) is 0. The van der Waals surface area contributed by atoms with Gasteiger partial charge in [0.2, 0.25) is 0 Å². The number of rotatable bonds is 3. The van der Waals surface area contributed by atoms with E-state index >= 15 is 0 Å². The van der Waals surface area contributed by atoms with E-state index in [9.17, 15) is 4.79 Å². The Morgan fingerprint density at radius 1 is 1.50 bits per heavy atom. The van der Waals surface area contributed by atoms with Crippen molar-refractivity contribution in [2.24, 2.45) is 0 Å². The van der Waals surface area contributed by atoms with Crippen LogP contribution in [0.1, 0.15) is 33.1 Å². The zero-order chi connectivity index (χ0) is 11.5. The fourth-order valence-corrected chi connectivity index (χ4v) is 2.67. The van der Waals surface area contributed by atoms with E-state index in [1.807, 2.05) is 13.8 Å². The van der Waals surface area contributed by atoms with Crippen LogP contribution in [0.2, 0.25) is 0 Å². The minimum absolute atomic E-state index is 0.0204. The molecule has 4 nitrogen and oxygen atoms in total. The first-order valence-electron chi connectivity index (χ1n) is 6.22. The van der Waals surface area contributed by atoms with Crippen LogP contribution in [0.5, 0.6) is 0 Å². The van der Waals surface area contributed by atoms with Gasteiger partial charge < -0.3 is 9.47 Å². The van der Waals surface area contributed by atoms with Gasteiger partial charge in [-0.15, -0.1) is 0 Å². The van der Waals surface area contributed by atoms with Gasteiger partial charge in [0, 0.05) is 12.6 Å². The molecule has 2 fully saturated rings. The van der Waals surface area contributed by atoms with Crippen LogP contribution in [-0.2, 0) is 14.3 Å². The van der Waals surface area contributed by atoms with Crippen molar-refractivity contribution >= 4 is 5.97 Å². The molecule has 0 spiro atoms. The largest absolute Gasteiger partial charge is 0.462 e. The molecule has 0 aromatic rings. The van der Waals surface area contributed by atoms with Gasteiger partial charge in [-0.2, -0.15) is 0 Å². The molecule has 0 N–H and O–H groups in total. The summed E-state index contributed by atoms with van der Waals surface area (Å²) < 4.78 is 10.9. The van der Waals surface area contributed by atoms with Gasteiger partial charge in [0.25, 0.3) is 0 Å². The lowest BCUT2D eigenvalue weighted by Gasteiger charge is -2.36. The molecule has 4 heteroatoms. The third-order valence-corrected chi connectivity index (χ3v) is 3.30. The van der Waals surface area contributed by atoms with Gasteiger partial charge in [-0.25, -0.2) is 0 Å². The Labute approximate surface area is 96.9 Å². The lowest BCUT2D eigenvalue weighted by Crippen LogP contribution is -2.50. The number of morpholine rings is 1. The summed E-state index contributed by atoms with van der Waals surface area (Å²) in [4.78, 5) is 13.8. The number of carbonyl (C=O) groups is 1. The van der Waals surface area contributed by atoms with Gasteiger partial charge in [0.05, 0.1) is 25.4 Å². The van der Waals surface area contributed by atoms with Crippen molar-refractivity contribution in [3.8, 4) is 0 Å². The second-order valence-corrected chi connectivity index (χ2v) is 4.92. The third-order valence-electron chi connectivity index (χ3n) is 3.30. The van der Waals surface area contributed by atoms with Gasteiger partial charge in [-0.3, -0.25) is 9.69 Å². The quantitative estimate of drug-likeness (QED) is 0.679. The van der Waals surface area contributed by atoms with E-state index in [1.165, 1.54) is 6.42 Å². The molecule has 1 aliphatic heterocycles. The van der Waals surface area contributed by atoms with Gasteiger partial charge in [-0.1, -0.05) is 0 Å². The van der Waals surface area contributed by atoms with Crippen molar-refractivity contribution in [2.45, 2.75) is 51.4 Å². The van der Waals surface area contributed by atoms with Crippen LogP contribution in [0.25, 0.3) is 0 Å². The summed E-state index contributed by atoms with van der Waals surface area (Å²) in [5, 5.41) is 0. The molecule has 2 unspecified atom stereocenters. The highest BCUT2D eigenvalue weighted by Crippen LogP contribution is 2.29. The van der Waals surface area contributed by atoms with Crippen LogP contribution < -0.4 is 0 Å². The molecule has 1 aliphatic carbocycles. The second kappa shape index (κ2) is 5.15. The summed E-state index contributed by atoms with van der Waals surface area (Å²) in [7, 11) is 0. The smallest absolute Gasteiger partial charge is 0.320 e. The molecule has 16 heavy (non-hydrogen) atoms. The standard InChI is InChI=1S/C12H21NO3/c1-9(2)16-12(14)8-13-6-7-15-11-5-3-4-10(11)13/h9-11H,3-8H2,1-2H3. The van der Waals surface area contributed by atoms with E-state index in [0.29, 0.717) is 18.7 Å². The average Bonchev–Trinajstić information content (AvgIpc) is 2.65. The van der Waals surface area contributed by atoms with E-state index in [1.54, 1.807) is 0 Å². The van der Waals surface area contributed by atoms with Gasteiger partial charge in [0.15, 0.2) is 0 Å². The fraction of sp³-hybridized carbons (Fsp3) is 0.917. The van der Waals surface area contributed by atoms with E-state index in [0.717, 1.165) is 26.0 Å². The normalized spacial score (nSPS) is 30.4. The van der Waals surface area contributed by atoms with Crippen LogP contribution in [0, 0.1) is 0 Å². The average molecular weight is 227 g/mol. The molecule has 2 aliphatic rings. The van der Waals surface area contributed by atoms with Crippen molar-refractivity contribution in [3.05, 3.63) is 0 Å². The Morgan fingerprint density at radius 3 is 3.06 bits per heavy atom. The second-order valence-electron chi connectivity index (χ2n) is 4.92. The Kier molecular flexibility index (Phi) is 3.82. The first-order valence-corrected chi connectivity index (χ1v) is 6.22. The molecule has 1 saturated heterocycles. The first-order chi connectivity index (χ1) is 7.66. The fourth-order valence-electron chi connectivity index (χ4n) is 2.67. The highest BCUT2D eigenvalue weighted by Gasteiger charge is 2.36. The minimum Gasteiger partial charge on any atom is -0.462 e. The maximum absolute atomic E-state index is 11.6. The summed E-state index contributed by atoms with van der Waals surface area (Å²) in [5.74, 6) is -0.109. The molecule has 1 heterocycles. The van der Waals surface area contributed by atoms with Crippen LogP contribution in [0.3, 0.4) is 0 Å². The molecule has 0 aromatic carbocycles. The zero-order valence-corrected chi connectivity index (χ0v) is 10.1. The Balaban J connectivity index is 1.86. The molecule has 1 saturated carbocycles. The summed E-state index contributed by atoms with van der Waals surface area (Å²) >= 11 is 0. The third kappa shape index (κ3) is 2.74. The number of carbonyl (C=O) groups excluding carboxylic acids is 1. The zero-order valence-electron chi connectivity index (χ0n) is 10.1. The highest BCUT2D eigenvalue weighted by atomic mass is 16.5. The summed E-state index contributed by atoms with van der Waals surface area (Å²) in [6, 6.07) is 0.438. The Hall–Kier alpha value is -0.610. The van der Waals surface area contributed by atoms with Gasteiger partial charge in [-0.05, 0) is 33.1 Å². The lowest BCUT2D eigenvalue weighted by atomic mass is 10.1. The van der Waals surface area contributed by atoms with Crippen molar-refractivity contribution in [1.29, 1.82) is 0 Å². The molecule has 92 valence electrons. The van der Waals surface area contributed by atoms with Crippen LogP contribution >= 0.6 is 0 Å². The SMILES string of the molecule is CC(C)OC(=O)CN1CCOC2CCCC21. The molecular formula is C12H21NO3. The van der Waals surface area contributed by atoms with Crippen LogP contribution in [0.4, 0.5) is 0 Å². The molecule has 2 atom stereocenters. The number of nitrogens with zero attached hydrogens (tertiary/aromatic N) is 1. The predicted octanol–water partition coefficient (Wildman–Crippen LogP) is 1.19. The van der Waals surface area contributed by atoms with E-state index in [2.05, 4.69) is 4.90 Å². The van der Waals surface area contributed by atoms with E-state index in [4.69, 9.17) is 9.47 Å². The van der Waals surface area contributed by atoms with Crippen molar-refractivity contribution in [3.63, 3.8) is 0 Å². The Bertz CT molecular complexity index is 255. The van der Waals surface area contributed by atoms with Crippen molar-refractivity contribution < 1.29 is 14.3 Å². The first kappa shape index (κ1) is 11.9. The molecule has 0 aromatic heterocycles. The minimum atomic E-state index is -0.109. The van der Waals surface area contributed by atoms with Gasteiger partial charge in [0.1, 0.15) is 0 Å². The molecule has 0 bridgehead atoms. The van der Waals surface area contributed by atoms with Crippen molar-refractivity contribution in [2.75, 3.05) is 19.7 Å². The lowest BCUT2D eigenvalue weighted by molar-refractivity contribution is -0.152. The maximum atomic E-state index is 11.6. The van der Waals surface area contributed by atoms with Crippen LogP contribution in [0.15, 0.2) is 0 Å². The molecule has 0 radical (unpaired) electrons.